The van der Waals surface area contributed by atoms with E-state index in [-0.39, 0.29) is 12.2 Å². The topological polar surface area (TPSA) is 83.0 Å². The maximum atomic E-state index is 10.2. The third kappa shape index (κ3) is 37.9. The van der Waals surface area contributed by atoms with Gasteiger partial charge in [0, 0.05) is 26.2 Å². The third-order valence-corrected chi connectivity index (χ3v) is 8.76. The molecule has 0 amide bonds. The molecule has 0 aliphatic rings. The molecule has 0 bridgehead atoms. The number of aliphatic hydroxyl groups excluding tert-OH is 2. The fraction of sp³-hybridized carbons (Fsp3) is 1.00. The molecule has 2 atom stereocenters. The fourth-order valence-corrected chi connectivity index (χ4v) is 5.79. The van der Waals surface area contributed by atoms with Crippen molar-refractivity contribution in [2.75, 3.05) is 52.6 Å². The largest absolute Gasteiger partial charge is 0.392 e. The van der Waals surface area contributed by atoms with Crippen LogP contribution in [0.1, 0.15) is 181 Å². The first-order chi connectivity index (χ1) is 21.7. The molecule has 0 saturated carbocycles. The average Bonchev–Trinajstić information content (AvgIpc) is 3.02. The lowest BCUT2D eigenvalue weighted by molar-refractivity contribution is 0.0478. The molecule has 0 spiro atoms. The highest BCUT2D eigenvalue weighted by atomic mass is 16.5. The summed E-state index contributed by atoms with van der Waals surface area (Å²) in [6.07, 6.45) is 33.7. The molecule has 6 nitrogen and oxygen atoms in total. The Morgan fingerprint density at radius 2 is 0.659 bits per heavy atom. The maximum absolute atomic E-state index is 10.2. The highest BCUT2D eigenvalue weighted by Gasteiger charge is 2.05. The molecule has 0 aromatic rings. The zero-order valence-corrected chi connectivity index (χ0v) is 29.9. The molecule has 0 heterocycles. The van der Waals surface area contributed by atoms with Gasteiger partial charge in [-0.2, -0.15) is 0 Å². The summed E-state index contributed by atoms with van der Waals surface area (Å²) in [6, 6.07) is 0. The summed E-state index contributed by atoms with van der Waals surface area (Å²) in [5.41, 5.74) is 0. The standard InChI is InChI=1S/C38H80N2O4/c1-3-5-7-9-11-13-15-17-19-21-23-25-27-37(41)35-39-29-31-43-33-34-44-32-30-40-36-38(42)28-26-24-22-20-18-16-14-12-10-8-6-4-2/h37-42H,3-36H2,1-2H3. The third-order valence-electron chi connectivity index (χ3n) is 8.76. The Hall–Kier alpha value is -0.240. The van der Waals surface area contributed by atoms with Crippen LogP contribution in [0, 0.1) is 0 Å². The van der Waals surface area contributed by atoms with E-state index >= 15 is 0 Å². The van der Waals surface area contributed by atoms with Crippen molar-refractivity contribution in [1.29, 1.82) is 0 Å². The zero-order chi connectivity index (χ0) is 32.0. The van der Waals surface area contributed by atoms with Gasteiger partial charge in [0.1, 0.15) is 0 Å². The van der Waals surface area contributed by atoms with E-state index in [0.717, 1.165) is 38.8 Å². The van der Waals surface area contributed by atoms with Crippen LogP contribution in [0.5, 0.6) is 0 Å². The van der Waals surface area contributed by atoms with Gasteiger partial charge >= 0.3 is 0 Å². The Labute approximate surface area is 275 Å². The zero-order valence-electron chi connectivity index (χ0n) is 29.9. The minimum Gasteiger partial charge on any atom is -0.392 e. The molecule has 0 aliphatic heterocycles. The number of hydrogen-bond donors (Lipinski definition) is 4. The van der Waals surface area contributed by atoms with E-state index in [9.17, 15) is 10.2 Å². The van der Waals surface area contributed by atoms with Crippen LogP contribution in [0.2, 0.25) is 0 Å². The second kappa shape index (κ2) is 38.9. The first-order valence-electron chi connectivity index (χ1n) is 19.6. The summed E-state index contributed by atoms with van der Waals surface area (Å²) in [5, 5.41) is 26.9. The monoisotopic (exact) mass is 629 g/mol. The summed E-state index contributed by atoms with van der Waals surface area (Å²) in [7, 11) is 0. The number of nitrogens with one attached hydrogen (secondary N) is 2. The van der Waals surface area contributed by atoms with Gasteiger partial charge in [0.05, 0.1) is 38.6 Å². The molecular formula is C38H80N2O4. The average molecular weight is 629 g/mol. The highest BCUT2D eigenvalue weighted by Crippen LogP contribution is 2.14. The van der Waals surface area contributed by atoms with Gasteiger partial charge in [-0.15, -0.1) is 0 Å². The van der Waals surface area contributed by atoms with Gasteiger partial charge < -0.3 is 30.3 Å². The van der Waals surface area contributed by atoms with E-state index in [1.54, 1.807) is 0 Å². The predicted octanol–water partition coefficient (Wildman–Crippen LogP) is 9.10. The fourth-order valence-electron chi connectivity index (χ4n) is 5.79. The molecule has 0 aromatic carbocycles. The smallest absolute Gasteiger partial charge is 0.0701 e. The van der Waals surface area contributed by atoms with Gasteiger partial charge in [-0.25, -0.2) is 0 Å². The number of ether oxygens (including phenoxy) is 2. The van der Waals surface area contributed by atoms with Crippen molar-refractivity contribution in [2.24, 2.45) is 0 Å². The Bertz CT molecular complexity index is 467. The second-order valence-corrected chi connectivity index (χ2v) is 13.3. The van der Waals surface area contributed by atoms with Crippen LogP contribution in [0.15, 0.2) is 0 Å². The second-order valence-electron chi connectivity index (χ2n) is 13.3. The summed E-state index contributed by atoms with van der Waals surface area (Å²) in [4.78, 5) is 0. The van der Waals surface area contributed by atoms with Crippen molar-refractivity contribution >= 4 is 0 Å². The Morgan fingerprint density at radius 3 is 0.955 bits per heavy atom. The van der Waals surface area contributed by atoms with Gasteiger partial charge in [0.25, 0.3) is 0 Å². The van der Waals surface area contributed by atoms with Crippen LogP contribution in [0.4, 0.5) is 0 Å². The lowest BCUT2D eigenvalue weighted by atomic mass is 10.0. The lowest BCUT2D eigenvalue weighted by Gasteiger charge is -2.13. The first kappa shape index (κ1) is 43.8. The first-order valence-corrected chi connectivity index (χ1v) is 19.6. The van der Waals surface area contributed by atoms with Crippen LogP contribution in [-0.2, 0) is 9.47 Å². The number of unbranched alkanes of at least 4 members (excludes halogenated alkanes) is 22. The van der Waals surface area contributed by atoms with Gasteiger partial charge in [-0.05, 0) is 12.8 Å². The number of hydrogen-bond acceptors (Lipinski definition) is 6. The summed E-state index contributed by atoms with van der Waals surface area (Å²) >= 11 is 0. The van der Waals surface area contributed by atoms with Crippen molar-refractivity contribution in [3.63, 3.8) is 0 Å². The molecule has 266 valence electrons. The van der Waals surface area contributed by atoms with Crippen molar-refractivity contribution in [3.8, 4) is 0 Å². The highest BCUT2D eigenvalue weighted by molar-refractivity contribution is 4.61. The van der Waals surface area contributed by atoms with E-state index in [0.29, 0.717) is 39.5 Å². The van der Waals surface area contributed by atoms with Gasteiger partial charge in [-0.1, -0.05) is 168 Å². The molecule has 44 heavy (non-hydrogen) atoms. The van der Waals surface area contributed by atoms with Gasteiger partial charge in [0.2, 0.25) is 0 Å². The maximum Gasteiger partial charge on any atom is 0.0701 e. The van der Waals surface area contributed by atoms with Crippen molar-refractivity contribution in [2.45, 2.75) is 193 Å². The molecule has 0 radical (unpaired) electrons. The minimum atomic E-state index is -0.253. The van der Waals surface area contributed by atoms with Crippen LogP contribution >= 0.6 is 0 Å². The molecule has 0 aromatic heterocycles. The summed E-state index contributed by atoms with van der Waals surface area (Å²) in [5.74, 6) is 0. The Morgan fingerprint density at radius 1 is 0.386 bits per heavy atom. The molecule has 2 unspecified atom stereocenters. The molecule has 4 N–H and O–H groups in total. The Balaban J connectivity index is 3.21. The van der Waals surface area contributed by atoms with Crippen LogP contribution in [0.3, 0.4) is 0 Å². The van der Waals surface area contributed by atoms with Gasteiger partial charge in [0.15, 0.2) is 0 Å². The van der Waals surface area contributed by atoms with Crippen LogP contribution in [-0.4, -0.2) is 75.0 Å². The predicted molar refractivity (Wildman–Crippen MR) is 191 cm³/mol. The van der Waals surface area contributed by atoms with E-state index < -0.39 is 0 Å². The summed E-state index contributed by atoms with van der Waals surface area (Å²) < 4.78 is 11.2. The van der Waals surface area contributed by atoms with E-state index in [1.807, 2.05) is 0 Å². The van der Waals surface area contributed by atoms with Crippen molar-refractivity contribution < 1.29 is 19.7 Å². The molecule has 6 heteroatoms. The molecule has 0 fully saturated rings. The normalized spacial score (nSPS) is 13.1. The number of rotatable bonds is 39. The van der Waals surface area contributed by atoms with E-state index in [1.165, 1.54) is 141 Å². The number of aliphatic hydroxyl groups is 2. The molecule has 0 saturated heterocycles. The minimum absolute atomic E-state index is 0.253. The lowest BCUT2D eigenvalue weighted by Crippen LogP contribution is -2.30. The van der Waals surface area contributed by atoms with Crippen LogP contribution < -0.4 is 10.6 Å². The van der Waals surface area contributed by atoms with Crippen LogP contribution in [0.25, 0.3) is 0 Å². The van der Waals surface area contributed by atoms with Crippen molar-refractivity contribution in [1.82, 2.24) is 10.6 Å². The van der Waals surface area contributed by atoms with E-state index in [2.05, 4.69) is 24.5 Å². The van der Waals surface area contributed by atoms with Gasteiger partial charge in [-0.3, -0.25) is 0 Å². The molecule has 0 aliphatic carbocycles. The summed E-state index contributed by atoms with van der Waals surface area (Å²) in [6.45, 7) is 9.82. The molecule has 0 rings (SSSR count). The molecular weight excluding hydrogens is 548 g/mol. The SMILES string of the molecule is CCCCCCCCCCCCCCC(O)CNCCOCCOCCNCC(O)CCCCCCCCCCCCCC. The Kier molecular flexibility index (Phi) is 38.7. The quantitative estimate of drug-likeness (QED) is 0.0508. The van der Waals surface area contributed by atoms with E-state index in [4.69, 9.17) is 9.47 Å². The van der Waals surface area contributed by atoms with Crippen molar-refractivity contribution in [3.05, 3.63) is 0 Å².